The van der Waals surface area contributed by atoms with E-state index in [4.69, 9.17) is 0 Å². The Labute approximate surface area is 309 Å². The number of benzene rings is 8. The molecule has 8 aromatic carbocycles. The monoisotopic (exact) mass is 678 g/mol. The Kier molecular flexibility index (Phi) is 7.37. The molecule has 0 aliphatic rings. The minimum atomic E-state index is 0.966. The van der Waals surface area contributed by atoms with E-state index in [-0.39, 0.29) is 0 Å². The molecule has 0 amide bonds. The van der Waals surface area contributed by atoms with Crippen LogP contribution in [0.25, 0.3) is 88.4 Å². The van der Waals surface area contributed by atoms with Crippen molar-refractivity contribution in [3.8, 4) is 44.8 Å². The van der Waals surface area contributed by atoms with Crippen LogP contribution >= 0.6 is 0 Å². The summed E-state index contributed by atoms with van der Waals surface area (Å²) >= 11 is 0. The van der Waals surface area contributed by atoms with E-state index < -0.39 is 0 Å². The van der Waals surface area contributed by atoms with E-state index in [9.17, 15) is 0 Å². The van der Waals surface area contributed by atoms with Crippen LogP contribution in [0.1, 0.15) is 18.1 Å². The lowest BCUT2D eigenvalue weighted by atomic mass is 9.89. The summed E-state index contributed by atoms with van der Waals surface area (Å²) < 4.78 is 4.76. The molecule has 10 rings (SSSR count). The average molecular weight is 679 g/mol. The zero-order valence-electron chi connectivity index (χ0n) is 29.9. The zero-order valence-corrected chi connectivity index (χ0v) is 29.9. The van der Waals surface area contributed by atoms with Gasteiger partial charge in [0.25, 0.3) is 0 Å². The molecule has 0 fully saturated rings. The molecular weight excluding hydrogens is 641 g/mol. The average Bonchev–Trinajstić information content (AvgIpc) is 3.74. The Morgan fingerprint density at radius 2 is 0.774 bits per heavy atom. The summed E-state index contributed by atoms with van der Waals surface area (Å²) in [5.74, 6) is 0. The molecule has 252 valence electrons. The van der Waals surface area contributed by atoms with Crippen LogP contribution in [-0.2, 0) is 6.42 Å². The number of rotatable bonds is 6. The standard InChI is InChI=1S/C51H38N2/c1-3-35-24-25-37(39-27-29-51-47(33-39)43-19-11-13-21-49(43)53(51)41-16-8-5-9-17-41)31-45(35)44-30-36(23-22-34(44)2)38-26-28-50-46(32-38)42-18-10-12-20-48(42)52(50)40-14-6-4-7-15-40/h4-33H,3H2,1-2H3. The fraction of sp³-hybridized carbons (Fsp3) is 0.0588. The lowest BCUT2D eigenvalue weighted by Gasteiger charge is -2.16. The second kappa shape index (κ2) is 12.5. The number of hydrogen-bond acceptors (Lipinski definition) is 0. The molecule has 2 heteroatoms. The highest BCUT2D eigenvalue weighted by atomic mass is 15.0. The smallest absolute Gasteiger partial charge is 0.0541 e. The van der Waals surface area contributed by atoms with Gasteiger partial charge in [-0.25, -0.2) is 0 Å². The highest BCUT2D eigenvalue weighted by Crippen LogP contribution is 2.40. The predicted octanol–water partition coefficient (Wildman–Crippen LogP) is 13.8. The first-order valence-electron chi connectivity index (χ1n) is 18.6. The van der Waals surface area contributed by atoms with Crippen molar-refractivity contribution in [1.29, 1.82) is 0 Å². The predicted molar refractivity (Wildman–Crippen MR) is 226 cm³/mol. The van der Waals surface area contributed by atoms with E-state index in [1.807, 2.05) is 0 Å². The van der Waals surface area contributed by atoms with Crippen LogP contribution in [0.15, 0.2) is 182 Å². The second-order valence-corrected chi connectivity index (χ2v) is 14.1. The number of aromatic nitrogens is 2. The molecule has 0 aliphatic heterocycles. The molecule has 2 nitrogen and oxygen atoms in total. The first-order valence-corrected chi connectivity index (χ1v) is 18.6. The lowest BCUT2D eigenvalue weighted by Crippen LogP contribution is -1.94. The summed E-state index contributed by atoms with van der Waals surface area (Å²) in [7, 11) is 0. The fourth-order valence-electron chi connectivity index (χ4n) is 8.42. The molecule has 53 heavy (non-hydrogen) atoms. The molecule has 0 radical (unpaired) electrons. The van der Waals surface area contributed by atoms with Crippen LogP contribution < -0.4 is 0 Å². The van der Waals surface area contributed by atoms with Crippen LogP contribution in [0.4, 0.5) is 0 Å². The number of nitrogens with zero attached hydrogens (tertiary/aromatic N) is 2. The van der Waals surface area contributed by atoms with Crippen LogP contribution in [-0.4, -0.2) is 9.13 Å². The largest absolute Gasteiger partial charge is 0.309 e. The van der Waals surface area contributed by atoms with E-state index in [2.05, 4.69) is 205 Å². The molecule has 0 saturated heterocycles. The van der Waals surface area contributed by atoms with E-state index in [1.54, 1.807) is 0 Å². The van der Waals surface area contributed by atoms with Crippen molar-refractivity contribution in [3.05, 3.63) is 193 Å². The molecule has 2 heterocycles. The zero-order chi connectivity index (χ0) is 35.5. The Balaban J connectivity index is 1.09. The Hall–Kier alpha value is -6.64. The summed E-state index contributed by atoms with van der Waals surface area (Å²) in [6.07, 6.45) is 0.966. The van der Waals surface area contributed by atoms with Crippen molar-refractivity contribution in [2.24, 2.45) is 0 Å². The minimum Gasteiger partial charge on any atom is -0.309 e. The first kappa shape index (κ1) is 31.1. The molecule has 0 spiro atoms. The van der Waals surface area contributed by atoms with Crippen molar-refractivity contribution in [2.75, 3.05) is 0 Å². The quantitative estimate of drug-likeness (QED) is 0.166. The first-order chi connectivity index (χ1) is 26.2. The van der Waals surface area contributed by atoms with Gasteiger partial charge in [-0.05, 0) is 131 Å². The van der Waals surface area contributed by atoms with Gasteiger partial charge in [-0.2, -0.15) is 0 Å². The summed E-state index contributed by atoms with van der Waals surface area (Å²) in [5, 5.41) is 5.07. The number of para-hydroxylation sites is 4. The van der Waals surface area contributed by atoms with E-state index in [0.717, 1.165) is 6.42 Å². The highest BCUT2D eigenvalue weighted by molar-refractivity contribution is 6.11. The van der Waals surface area contributed by atoms with Crippen molar-refractivity contribution < 1.29 is 0 Å². The molecule has 0 atom stereocenters. The van der Waals surface area contributed by atoms with Gasteiger partial charge in [0.2, 0.25) is 0 Å². The Bertz CT molecular complexity index is 2980. The van der Waals surface area contributed by atoms with Crippen LogP contribution in [0.2, 0.25) is 0 Å². The van der Waals surface area contributed by atoms with Gasteiger partial charge in [0.05, 0.1) is 22.1 Å². The van der Waals surface area contributed by atoms with Crippen molar-refractivity contribution in [3.63, 3.8) is 0 Å². The van der Waals surface area contributed by atoms with Crippen LogP contribution in [0.3, 0.4) is 0 Å². The molecular formula is C51H38N2. The SMILES string of the molecule is CCc1ccc(-c2ccc3c(c2)c2ccccc2n3-c2ccccc2)cc1-c1cc(-c2ccc3c(c2)c2ccccc2n3-c2ccccc2)ccc1C. The molecule has 0 unspecified atom stereocenters. The van der Waals surface area contributed by atoms with E-state index in [1.165, 1.54) is 99.5 Å². The van der Waals surface area contributed by atoms with Gasteiger partial charge in [-0.1, -0.05) is 116 Å². The molecule has 0 N–H and O–H groups in total. The van der Waals surface area contributed by atoms with Crippen LogP contribution in [0, 0.1) is 6.92 Å². The fourth-order valence-corrected chi connectivity index (χ4v) is 8.42. The lowest BCUT2D eigenvalue weighted by molar-refractivity contribution is 1.14. The van der Waals surface area contributed by atoms with Crippen molar-refractivity contribution >= 4 is 43.6 Å². The third-order valence-corrected chi connectivity index (χ3v) is 11.1. The summed E-state index contributed by atoms with van der Waals surface area (Å²) in [5.41, 5.74) is 17.4. The molecule has 0 aliphatic carbocycles. The van der Waals surface area contributed by atoms with Gasteiger partial charge in [0.1, 0.15) is 0 Å². The van der Waals surface area contributed by atoms with Gasteiger partial charge in [0, 0.05) is 32.9 Å². The third kappa shape index (κ3) is 5.10. The van der Waals surface area contributed by atoms with E-state index >= 15 is 0 Å². The maximum absolute atomic E-state index is 2.42. The highest BCUT2D eigenvalue weighted by Gasteiger charge is 2.17. The van der Waals surface area contributed by atoms with Crippen molar-refractivity contribution in [1.82, 2.24) is 9.13 Å². The Morgan fingerprint density at radius 1 is 0.358 bits per heavy atom. The van der Waals surface area contributed by atoms with Crippen molar-refractivity contribution in [2.45, 2.75) is 20.3 Å². The van der Waals surface area contributed by atoms with Gasteiger partial charge in [-0.3, -0.25) is 0 Å². The Morgan fingerprint density at radius 3 is 1.30 bits per heavy atom. The maximum atomic E-state index is 2.42. The number of aryl methyl sites for hydroxylation is 2. The summed E-state index contributed by atoms with van der Waals surface area (Å²) in [6.45, 7) is 4.50. The van der Waals surface area contributed by atoms with E-state index in [0.29, 0.717) is 0 Å². The molecule has 2 aromatic heterocycles. The minimum absolute atomic E-state index is 0.966. The second-order valence-electron chi connectivity index (χ2n) is 14.1. The topological polar surface area (TPSA) is 9.86 Å². The normalized spacial score (nSPS) is 11.7. The molecule has 10 aromatic rings. The van der Waals surface area contributed by atoms with Crippen LogP contribution in [0.5, 0.6) is 0 Å². The van der Waals surface area contributed by atoms with Gasteiger partial charge < -0.3 is 9.13 Å². The molecule has 0 bridgehead atoms. The van der Waals surface area contributed by atoms with Gasteiger partial charge >= 0.3 is 0 Å². The maximum Gasteiger partial charge on any atom is 0.0541 e. The number of hydrogen-bond donors (Lipinski definition) is 0. The van der Waals surface area contributed by atoms with Gasteiger partial charge in [-0.15, -0.1) is 0 Å². The summed E-state index contributed by atoms with van der Waals surface area (Å²) in [6, 6.07) is 66.8. The van der Waals surface area contributed by atoms with Gasteiger partial charge in [0.15, 0.2) is 0 Å². The third-order valence-electron chi connectivity index (χ3n) is 11.1. The molecule has 0 saturated carbocycles. The number of fused-ring (bicyclic) bond motifs is 6. The summed E-state index contributed by atoms with van der Waals surface area (Å²) in [4.78, 5) is 0.